The minimum absolute atomic E-state index is 0.0596. The van der Waals surface area contributed by atoms with Gasteiger partial charge in [0, 0.05) is 0 Å². The number of carbonyl (C=O) groups excluding carboxylic acids is 2. The van der Waals surface area contributed by atoms with Crippen molar-refractivity contribution in [2.75, 3.05) is 11.7 Å². The molecule has 1 atom stereocenters. The van der Waals surface area contributed by atoms with Crippen molar-refractivity contribution in [2.45, 2.75) is 37.8 Å². The van der Waals surface area contributed by atoms with Crippen molar-refractivity contribution >= 4 is 11.8 Å². The van der Waals surface area contributed by atoms with E-state index in [-0.39, 0.29) is 15.6 Å². The van der Waals surface area contributed by atoms with Gasteiger partial charge in [0.2, 0.25) is 0 Å². The number of Topliss-reactive ketones (excluding diaryl/α,β-unsaturated/α-hetero) is 1. The summed E-state index contributed by atoms with van der Waals surface area (Å²) in [6.45, 7) is 5.85. The molecule has 0 saturated carbocycles. The molecule has 5 nitrogen and oxygen atoms in total. The van der Waals surface area contributed by atoms with Crippen LogP contribution in [-0.4, -0.2) is 23.5 Å². The number of alkyl halides is 4. The molecule has 2 aromatic carbocycles. The van der Waals surface area contributed by atoms with Gasteiger partial charge in [-0.25, -0.2) is 0 Å². The molecule has 32 heavy (non-hydrogen) atoms. The van der Waals surface area contributed by atoms with Gasteiger partial charge in [-0.2, -0.15) is 0 Å². The number of ether oxygens (including phenoxy) is 1. The first-order valence-electron chi connectivity index (χ1n) is 9.42. The Kier molecular flexibility index (Phi) is 8.07. The van der Waals surface area contributed by atoms with Crippen LogP contribution < -0.4 is 21.6 Å². The zero-order valence-corrected chi connectivity index (χ0v) is 20.1. The summed E-state index contributed by atoms with van der Waals surface area (Å²) in [4.78, 5) is 26.5. The third kappa shape index (κ3) is 5.30. The molecule has 0 spiro atoms. The van der Waals surface area contributed by atoms with Crippen molar-refractivity contribution < 1.29 is 52.2 Å². The predicted octanol–water partition coefficient (Wildman–Crippen LogP) is 1.80. The Bertz CT molecular complexity index is 1020. The van der Waals surface area contributed by atoms with Crippen LogP contribution in [0, 0.1) is 11.3 Å². The first kappa shape index (κ1) is 25.8. The van der Waals surface area contributed by atoms with Gasteiger partial charge in [-0.05, 0) is 0 Å². The number of halogens is 4. The second kappa shape index (κ2) is 10.0. The third-order valence-corrected chi connectivity index (χ3v) is 6.00. The molecular weight excluding hydrogens is 538 g/mol. The van der Waals surface area contributed by atoms with Crippen LogP contribution in [0.5, 0.6) is 0 Å². The summed E-state index contributed by atoms with van der Waals surface area (Å²) in [6.07, 6.45) is -4.85. The maximum absolute atomic E-state index is 13.6. The molecule has 0 aromatic heterocycles. The van der Waals surface area contributed by atoms with Crippen LogP contribution in [-0.2, 0) is 29.6 Å². The molecule has 1 unspecified atom stereocenters. The van der Waals surface area contributed by atoms with Gasteiger partial charge in [0.25, 0.3) is 0 Å². The van der Waals surface area contributed by atoms with Gasteiger partial charge in [-0.3, -0.25) is 0 Å². The molecule has 0 aliphatic heterocycles. The molecule has 2 aromatic rings. The number of nitriles is 1. The van der Waals surface area contributed by atoms with Crippen molar-refractivity contribution in [2.24, 2.45) is 0 Å². The van der Waals surface area contributed by atoms with Crippen LogP contribution >= 0.6 is 0 Å². The van der Waals surface area contributed by atoms with E-state index in [0.717, 1.165) is 23.8 Å². The van der Waals surface area contributed by atoms with E-state index in [2.05, 4.69) is 0 Å². The summed E-state index contributed by atoms with van der Waals surface area (Å²) in [5, 5.41) is 10.0. The van der Waals surface area contributed by atoms with E-state index in [1.807, 2.05) is 20.8 Å². The minimum atomic E-state index is -4.85. The molecule has 0 saturated heterocycles. The Morgan fingerprint density at radius 3 is 2.06 bits per heavy atom. The molecule has 2 rings (SSSR count). The Balaban J connectivity index is 2.71. The van der Waals surface area contributed by atoms with Crippen molar-refractivity contribution in [1.82, 2.24) is 0 Å². The monoisotopic (exact) mass is 560 g/mol. The van der Waals surface area contributed by atoms with Gasteiger partial charge in [0.05, 0.1) is 0 Å². The van der Waals surface area contributed by atoms with Gasteiger partial charge >= 0.3 is 196 Å². The number of ketones is 1. The van der Waals surface area contributed by atoms with Gasteiger partial charge in [-0.15, -0.1) is 0 Å². The number of esters is 1. The van der Waals surface area contributed by atoms with E-state index in [1.54, 1.807) is 18.2 Å². The molecule has 0 heterocycles. The molecule has 172 valence electrons. The molecule has 0 amide bonds. The maximum atomic E-state index is 13.6. The summed E-state index contributed by atoms with van der Waals surface area (Å²) < 4.78 is 50.6. The normalized spacial score (nSPS) is 13.8. The number of hydrogen-bond acceptors (Lipinski definition) is 5. The van der Waals surface area contributed by atoms with Gasteiger partial charge < -0.3 is 0 Å². The van der Waals surface area contributed by atoms with E-state index in [1.165, 1.54) is 25.3 Å². The number of hydrogen-bond donors (Lipinski definition) is 0. The molecule has 0 radical (unpaired) electrons. The summed E-state index contributed by atoms with van der Waals surface area (Å²) in [5.41, 5.74) is -4.07. The fraction of sp³-hybridized carbons (Fsp3) is 0.348. The van der Waals surface area contributed by atoms with Crippen LogP contribution in [0.4, 0.5) is 13.2 Å². The SMILES string of the molecule is CO[I-]COC(=O)C(C#N)(C(=O)c1ccccc1C(F)(F)F)c1ccc(C(C)(C)C)cc1. The first-order valence-corrected chi connectivity index (χ1v) is 11.8. The molecule has 0 aliphatic rings. The Labute approximate surface area is 195 Å². The molecule has 0 aliphatic carbocycles. The van der Waals surface area contributed by atoms with Crippen molar-refractivity contribution in [3.05, 3.63) is 70.8 Å². The van der Waals surface area contributed by atoms with Gasteiger partial charge in [0.15, 0.2) is 0 Å². The first-order chi connectivity index (χ1) is 14.9. The zero-order chi connectivity index (χ0) is 24.2. The van der Waals surface area contributed by atoms with Crippen LogP contribution in [0.25, 0.3) is 0 Å². The van der Waals surface area contributed by atoms with Crippen molar-refractivity contribution in [3.8, 4) is 6.07 Å². The Hall–Kier alpha value is -2.45. The number of carbonyl (C=O) groups is 2. The van der Waals surface area contributed by atoms with Crippen LogP contribution in [0.3, 0.4) is 0 Å². The van der Waals surface area contributed by atoms with Crippen LogP contribution in [0.1, 0.15) is 47.8 Å². The van der Waals surface area contributed by atoms with E-state index >= 15 is 0 Å². The number of nitrogens with zero attached hydrogens (tertiary/aromatic N) is 1. The van der Waals surface area contributed by atoms with E-state index in [4.69, 9.17) is 7.80 Å². The summed E-state index contributed by atoms with van der Waals surface area (Å²) in [7, 11) is 1.41. The second-order valence-corrected chi connectivity index (χ2v) is 9.99. The Morgan fingerprint density at radius 1 is 1.00 bits per heavy atom. The van der Waals surface area contributed by atoms with E-state index in [9.17, 15) is 28.0 Å². The van der Waals surface area contributed by atoms with Crippen LogP contribution in [0.15, 0.2) is 48.5 Å². The standard InChI is InChI=1S/C23H22F3INO4/c1-21(2,3)15-9-11-16(12-10-15)22(13-28,20(30)32-14-27-31-4)19(29)17-7-5-6-8-18(17)23(24,25)26/h5-12H,14H2,1-4H3/q-1. The molecule has 9 heteroatoms. The second-order valence-electron chi connectivity index (χ2n) is 7.87. The molecule has 0 fully saturated rings. The fourth-order valence-electron chi connectivity index (χ4n) is 3.08. The van der Waals surface area contributed by atoms with Gasteiger partial charge in [0.1, 0.15) is 0 Å². The zero-order valence-electron chi connectivity index (χ0n) is 17.9. The van der Waals surface area contributed by atoms with Crippen LogP contribution in [0.2, 0.25) is 0 Å². The van der Waals surface area contributed by atoms with Crippen molar-refractivity contribution in [3.63, 3.8) is 0 Å². The quantitative estimate of drug-likeness (QED) is 0.129. The van der Waals surface area contributed by atoms with E-state index in [0.29, 0.717) is 0 Å². The Morgan fingerprint density at radius 2 is 1.56 bits per heavy atom. The summed E-state index contributed by atoms with van der Waals surface area (Å²) in [6, 6.07) is 11.8. The topological polar surface area (TPSA) is 76.4 Å². The average molecular weight is 560 g/mol. The summed E-state index contributed by atoms with van der Waals surface area (Å²) >= 11 is -0.995. The predicted molar refractivity (Wildman–Crippen MR) is 106 cm³/mol. The van der Waals surface area contributed by atoms with E-state index < -0.39 is 56.1 Å². The fourth-order valence-corrected chi connectivity index (χ4v) is 3.74. The molecular formula is C23H22F3INO4-. The third-order valence-electron chi connectivity index (χ3n) is 4.81. The number of benzene rings is 2. The van der Waals surface area contributed by atoms with Crippen molar-refractivity contribution in [1.29, 1.82) is 5.26 Å². The summed E-state index contributed by atoms with van der Waals surface area (Å²) in [5.74, 6) is -2.53. The number of rotatable bonds is 7. The van der Waals surface area contributed by atoms with Gasteiger partial charge in [-0.1, -0.05) is 0 Å². The molecule has 0 N–H and O–H groups in total. The molecule has 0 bridgehead atoms. The average Bonchev–Trinajstić information content (AvgIpc) is 2.74.